The molecule has 16 nitrogen and oxygen atoms in total. The van der Waals surface area contributed by atoms with Gasteiger partial charge in [-0.25, -0.2) is 19.6 Å². The van der Waals surface area contributed by atoms with E-state index in [1.54, 1.807) is 74.5 Å². The fraction of sp³-hybridized carbons (Fsp3) is 0.333. The molecule has 2 unspecified atom stereocenters. The van der Waals surface area contributed by atoms with Crippen molar-refractivity contribution in [1.29, 1.82) is 0 Å². The van der Waals surface area contributed by atoms with Crippen molar-refractivity contribution in [3.63, 3.8) is 0 Å². The summed E-state index contributed by atoms with van der Waals surface area (Å²) in [5.41, 5.74) is 2.54. The van der Waals surface area contributed by atoms with E-state index in [2.05, 4.69) is 54.3 Å². The van der Waals surface area contributed by atoms with Crippen molar-refractivity contribution in [1.82, 2.24) is 20.6 Å². The van der Waals surface area contributed by atoms with Gasteiger partial charge >= 0.3 is 12.2 Å². The molecule has 0 radical (unpaired) electrons. The van der Waals surface area contributed by atoms with Crippen LogP contribution in [0.3, 0.4) is 0 Å². The van der Waals surface area contributed by atoms with Gasteiger partial charge in [0.1, 0.15) is 33.6 Å². The largest absolute Gasteiger partial charge is 0.494 e. The molecule has 0 saturated heterocycles. The van der Waals surface area contributed by atoms with Crippen molar-refractivity contribution in [3.05, 3.63) is 166 Å². The Labute approximate surface area is 473 Å². The maximum Gasteiger partial charge on any atom is 0.407 e. The number of carbonyl (C=O) groups excluding carboxylic acids is 2. The number of hydrogen-bond donors (Lipinski definition) is 4. The quantitative estimate of drug-likeness (QED) is 0.0318. The number of halogens is 1. The number of ether oxygens (including phenoxy) is 4. The molecule has 2 aromatic heterocycles. The molecule has 4 aromatic carbocycles. The summed E-state index contributed by atoms with van der Waals surface area (Å²) in [7, 11) is -6.70. The van der Waals surface area contributed by atoms with Gasteiger partial charge in [-0.1, -0.05) is 70.1 Å². The molecule has 79 heavy (non-hydrogen) atoms. The maximum absolute atomic E-state index is 13.9. The average Bonchev–Trinajstić information content (AvgIpc) is 3.43. The molecule has 19 heteroatoms. The zero-order valence-electron chi connectivity index (χ0n) is 46.0. The van der Waals surface area contributed by atoms with Gasteiger partial charge < -0.3 is 48.8 Å². The van der Waals surface area contributed by atoms with E-state index in [0.29, 0.717) is 89.0 Å². The predicted octanol–water partition coefficient (Wildman–Crippen LogP) is 10.1. The summed E-state index contributed by atoms with van der Waals surface area (Å²) in [5, 5.41) is 25.5. The summed E-state index contributed by atoms with van der Waals surface area (Å²) in [6.07, 6.45) is 5.75. The molecule has 2 amide bonds. The average molecular weight is 1180 g/mol. The Kier molecular flexibility index (Phi) is 26.5. The van der Waals surface area contributed by atoms with Crippen LogP contribution in [0.15, 0.2) is 138 Å². The minimum atomic E-state index is -3.46. The van der Waals surface area contributed by atoms with E-state index in [-0.39, 0.29) is 25.3 Å². The monoisotopic (exact) mass is 1180 g/mol. The van der Waals surface area contributed by atoms with Crippen molar-refractivity contribution < 1.29 is 56.9 Å². The first-order valence-corrected chi connectivity index (χ1v) is 29.6. The molecule has 4 N–H and O–H groups in total. The topological polar surface area (TPSA) is 214 Å². The number of aliphatic hydroxyl groups is 2. The summed E-state index contributed by atoms with van der Waals surface area (Å²) in [6.45, 7) is 16.4. The third-order valence-electron chi connectivity index (χ3n) is 10.2. The van der Waals surface area contributed by atoms with Gasteiger partial charge in [0, 0.05) is 44.9 Å². The lowest BCUT2D eigenvalue weighted by Crippen LogP contribution is -2.33. The molecule has 0 spiro atoms. The molecule has 0 aliphatic heterocycles. The molecule has 2 heterocycles. The number of benzene rings is 4. The first-order chi connectivity index (χ1) is 37.6. The Balaban J connectivity index is 0.000000282. The lowest BCUT2D eigenvalue weighted by Gasteiger charge is -2.19. The van der Waals surface area contributed by atoms with Crippen molar-refractivity contribution in [2.24, 2.45) is 0 Å². The number of amides is 2. The minimum Gasteiger partial charge on any atom is -0.494 e. The lowest BCUT2D eigenvalue weighted by atomic mass is 10.2. The van der Waals surface area contributed by atoms with Crippen molar-refractivity contribution in [3.8, 4) is 35.7 Å². The van der Waals surface area contributed by atoms with E-state index in [1.165, 1.54) is 0 Å². The molecule has 6 aromatic rings. The number of alkyl carbamates (subject to hydrolysis) is 2. The maximum atomic E-state index is 13.9. The molecular formula is C60H71BrN4O12P2. The van der Waals surface area contributed by atoms with E-state index in [9.17, 15) is 28.9 Å². The van der Waals surface area contributed by atoms with Crippen LogP contribution in [0.2, 0.25) is 0 Å². The lowest BCUT2D eigenvalue weighted by molar-refractivity contribution is 0.0513. The third-order valence-corrected chi connectivity index (χ3v) is 15.5. The molecule has 2 atom stereocenters. The van der Waals surface area contributed by atoms with Gasteiger partial charge in [-0.05, 0) is 165 Å². The van der Waals surface area contributed by atoms with Crippen LogP contribution in [-0.2, 0) is 40.9 Å². The highest BCUT2D eigenvalue weighted by Crippen LogP contribution is 2.45. The minimum absolute atomic E-state index is 0.215. The number of aliphatic hydroxyl groups excluding tert-OH is 2. The fourth-order valence-electron chi connectivity index (χ4n) is 6.76. The van der Waals surface area contributed by atoms with Crippen molar-refractivity contribution in [2.75, 3.05) is 39.5 Å². The molecule has 0 bridgehead atoms. The molecule has 420 valence electrons. The van der Waals surface area contributed by atoms with Gasteiger partial charge in [-0.2, -0.15) is 0 Å². The van der Waals surface area contributed by atoms with E-state index in [0.717, 1.165) is 16.9 Å². The highest BCUT2D eigenvalue weighted by Gasteiger charge is 2.32. The second kappa shape index (κ2) is 32.3. The fourth-order valence-corrected chi connectivity index (χ4v) is 11.5. The number of pyridine rings is 2. The van der Waals surface area contributed by atoms with Crippen LogP contribution in [0.25, 0.3) is 0 Å². The summed E-state index contributed by atoms with van der Waals surface area (Å²) in [6, 6.07) is 39.2. The first kappa shape index (κ1) is 64.7. The number of rotatable bonds is 20. The smallest absolute Gasteiger partial charge is 0.407 e. The highest BCUT2D eigenvalue weighted by atomic mass is 79.9. The molecule has 0 saturated carbocycles. The van der Waals surface area contributed by atoms with Crippen molar-refractivity contribution in [2.45, 2.75) is 92.6 Å². The summed E-state index contributed by atoms with van der Waals surface area (Å²) in [4.78, 5) is 31.7. The van der Waals surface area contributed by atoms with Crippen LogP contribution in [0, 0.1) is 24.2 Å². The van der Waals surface area contributed by atoms with Crippen LogP contribution in [0.5, 0.6) is 11.5 Å². The van der Waals surface area contributed by atoms with Gasteiger partial charge in [0.15, 0.2) is 0 Å². The van der Waals surface area contributed by atoms with Crippen LogP contribution in [0.4, 0.5) is 9.59 Å². The van der Waals surface area contributed by atoms with Crippen LogP contribution in [-0.4, -0.2) is 83.1 Å². The van der Waals surface area contributed by atoms with Gasteiger partial charge in [0.2, 0.25) is 0 Å². The first-order valence-electron chi connectivity index (χ1n) is 25.5. The number of terminal acetylenes is 1. The van der Waals surface area contributed by atoms with Crippen LogP contribution < -0.4 is 41.6 Å². The second-order valence-electron chi connectivity index (χ2n) is 19.0. The SMILES string of the molecule is C#Cc1ccc(OCCCNC(=O)OC(C)(C)C)cc1.CCOP(=O)(c1ccccc1)c1cc(Br)cc(CO)n1.CCOP(=O)(c1ccccc1)c1cc(C#Cc2ccc(OCCCNC(=O)OC(C)(C)C)cc2)cc(CO)n1. The summed E-state index contributed by atoms with van der Waals surface area (Å²) in [5.74, 6) is 10.2. The van der Waals surface area contributed by atoms with Gasteiger partial charge in [0.05, 0.1) is 51.0 Å². The Bertz CT molecular complexity index is 3060. The number of hydrogen-bond acceptors (Lipinski definition) is 14. The molecular weight excluding hydrogens is 1110 g/mol. The van der Waals surface area contributed by atoms with E-state index in [4.69, 9.17) is 34.4 Å². The summed E-state index contributed by atoms with van der Waals surface area (Å²) < 4.78 is 60.7. The van der Waals surface area contributed by atoms with Crippen LogP contribution >= 0.6 is 30.7 Å². The molecule has 0 aliphatic rings. The highest BCUT2D eigenvalue weighted by molar-refractivity contribution is 9.10. The normalized spacial score (nSPS) is 12.4. The number of aromatic nitrogens is 2. The van der Waals surface area contributed by atoms with E-state index < -0.39 is 38.1 Å². The number of nitrogens with one attached hydrogen (secondary N) is 2. The number of nitrogens with zero attached hydrogens (tertiary/aromatic N) is 2. The Morgan fingerprint density at radius 3 is 1.39 bits per heavy atom. The summed E-state index contributed by atoms with van der Waals surface area (Å²) >= 11 is 3.34. The third kappa shape index (κ3) is 22.8. The molecule has 0 fully saturated rings. The number of carbonyl (C=O) groups is 2. The second-order valence-corrected chi connectivity index (χ2v) is 24.6. The standard InChI is InChI=1S/C30H35N2O6P.C16H21NO3.C14H15BrNO3P/c1-5-37-39(35,27-10-7-6-8-11-27)28-21-24(20-25(22-33)32-28)13-12-23-14-16-26(17-15-23)36-19-9-18-31-29(34)38-30(2,3)4;1-5-13-7-9-14(10-8-13)19-12-6-11-17-15(18)20-16(2,3)4;1-2-19-20(18,13-6-4-3-5-7-13)14-9-11(15)8-12(10-17)16-14/h6-8,10-11,14-17,20-21,33H,5,9,18-19,22H2,1-4H3,(H,31,34);1,7-10H,6,11-12H2,2-4H3,(H,17,18);3-9,17H,2,10H2,1H3. The van der Waals surface area contributed by atoms with E-state index >= 15 is 0 Å². The van der Waals surface area contributed by atoms with Gasteiger partial charge in [-0.3, -0.25) is 9.13 Å². The van der Waals surface area contributed by atoms with Crippen LogP contribution in [0.1, 0.15) is 96.3 Å². The zero-order chi connectivity index (χ0) is 57.9. The van der Waals surface area contributed by atoms with Gasteiger partial charge in [0.25, 0.3) is 14.7 Å². The molecule has 0 aliphatic carbocycles. The van der Waals surface area contributed by atoms with Crippen molar-refractivity contribution >= 4 is 64.3 Å². The molecule has 6 rings (SSSR count). The Hall–Kier alpha value is -6.78. The predicted molar refractivity (Wildman–Crippen MR) is 313 cm³/mol. The van der Waals surface area contributed by atoms with Gasteiger partial charge in [-0.15, -0.1) is 6.42 Å². The Morgan fingerprint density at radius 2 is 0.987 bits per heavy atom. The van der Waals surface area contributed by atoms with E-state index in [1.807, 2.05) is 114 Å². The zero-order valence-corrected chi connectivity index (χ0v) is 49.4. The Morgan fingerprint density at radius 1 is 0.582 bits per heavy atom.